The van der Waals surface area contributed by atoms with Crippen molar-refractivity contribution in [1.29, 1.82) is 0 Å². The number of ether oxygens (including phenoxy) is 1. The highest BCUT2D eigenvalue weighted by atomic mass is 19.1. The third-order valence-corrected chi connectivity index (χ3v) is 9.46. The number of benzene rings is 2. The van der Waals surface area contributed by atoms with Gasteiger partial charge in [-0.2, -0.15) is 9.97 Å². The lowest BCUT2D eigenvalue weighted by molar-refractivity contribution is -0.132. The highest BCUT2D eigenvalue weighted by molar-refractivity contribution is 6.14. The molecule has 12 heteroatoms. The van der Waals surface area contributed by atoms with Gasteiger partial charge < -0.3 is 30.5 Å². The normalized spacial score (nSPS) is 24.2. The molecule has 230 valence electrons. The first-order valence-electron chi connectivity index (χ1n) is 15.4. The number of hydrogen-bond donors (Lipinski definition) is 4. The molecule has 2 bridgehead atoms. The number of nitrogens with zero attached hydrogens (tertiary/aromatic N) is 4. The lowest BCUT2D eigenvalue weighted by atomic mass is 9.72. The summed E-state index contributed by atoms with van der Waals surface area (Å²) < 4.78 is 37.6. The van der Waals surface area contributed by atoms with Crippen molar-refractivity contribution in [3.63, 3.8) is 0 Å². The van der Waals surface area contributed by atoms with E-state index in [2.05, 4.69) is 36.4 Å². The van der Waals surface area contributed by atoms with E-state index in [-0.39, 0.29) is 51.6 Å². The molecule has 2 radical (unpaired) electrons. The molecule has 2 aromatic heterocycles. The van der Waals surface area contributed by atoms with Gasteiger partial charge >= 0.3 is 6.01 Å². The minimum atomic E-state index is -2.19. The minimum Gasteiger partial charge on any atom is -0.508 e. The minimum absolute atomic E-state index is 0.0778. The molecule has 3 aliphatic heterocycles. The van der Waals surface area contributed by atoms with E-state index in [4.69, 9.17) is 19.0 Å². The van der Waals surface area contributed by atoms with Gasteiger partial charge in [0.25, 0.3) is 0 Å². The van der Waals surface area contributed by atoms with Gasteiger partial charge in [-0.25, -0.2) is 8.78 Å². The fourth-order valence-corrected chi connectivity index (χ4v) is 7.39. The fraction of sp³-hybridized carbons (Fsp3) is 0.424. The first-order valence-corrected chi connectivity index (χ1v) is 15.4. The van der Waals surface area contributed by atoms with Crippen molar-refractivity contribution >= 4 is 35.3 Å². The molecular formula is C33H33BF2N6O3. The third kappa shape index (κ3) is 4.94. The van der Waals surface area contributed by atoms with Crippen LogP contribution in [-0.2, 0) is 0 Å². The van der Waals surface area contributed by atoms with Crippen LogP contribution in [0.2, 0.25) is 0 Å². The van der Waals surface area contributed by atoms with Gasteiger partial charge in [0.1, 0.15) is 28.6 Å². The van der Waals surface area contributed by atoms with E-state index < -0.39 is 22.9 Å². The Labute approximate surface area is 260 Å². The topological polar surface area (TPSA) is 116 Å². The van der Waals surface area contributed by atoms with Crippen LogP contribution in [0, 0.1) is 24.0 Å². The molecule has 2 aromatic carbocycles. The average Bonchev–Trinajstić information content (AvgIpc) is 3.63. The van der Waals surface area contributed by atoms with Crippen LogP contribution in [0.3, 0.4) is 0 Å². The molecule has 3 saturated heterocycles. The lowest BCUT2D eigenvalue weighted by Crippen LogP contribution is -2.64. The SMILES string of the molecule is [B]C(O)(Oc1nc(N2CC3CCC(C2)N3)c2cnc(-c3cc(O)cc4ccc(F)c(C#C)c34)c(F)c2n1)C1(CCC)CCCN1. The number of phenolic OH excluding ortho intramolecular Hbond substituents is 1. The zero-order valence-electron chi connectivity index (χ0n) is 24.9. The fourth-order valence-electron chi connectivity index (χ4n) is 7.39. The monoisotopic (exact) mass is 610 g/mol. The van der Waals surface area contributed by atoms with Crippen LogP contribution in [-0.4, -0.2) is 76.0 Å². The Bertz CT molecular complexity index is 1850. The van der Waals surface area contributed by atoms with Crippen LogP contribution in [0.25, 0.3) is 32.9 Å². The van der Waals surface area contributed by atoms with Crippen molar-refractivity contribution in [2.45, 2.75) is 68.8 Å². The highest BCUT2D eigenvalue weighted by Gasteiger charge is 2.50. The van der Waals surface area contributed by atoms with E-state index in [1.165, 1.54) is 30.5 Å². The number of hydrogen-bond acceptors (Lipinski definition) is 9. The van der Waals surface area contributed by atoms with E-state index in [9.17, 15) is 14.6 Å². The van der Waals surface area contributed by atoms with Crippen LogP contribution in [0.15, 0.2) is 30.5 Å². The van der Waals surface area contributed by atoms with Gasteiger partial charge in [0.05, 0.1) is 16.5 Å². The van der Waals surface area contributed by atoms with Crippen molar-refractivity contribution in [2.75, 3.05) is 24.5 Å². The quantitative estimate of drug-likeness (QED) is 0.141. The maximum Gasteiger partial charge on any atom is 0.321 e. The number of aromatic nitrogens is 3. The Hall–Kier alpha value is -4.05. The molecule has 4 atom stereocenters. The van der Waals surface area contributed by atoms with Crippen LogP contribution in [0.5, 0.6) is 11.8 Å². The molecule has 3 aliphatic rings. The van der Waals surface area contributed by atoms with Crippen molar-refractivity contribution in [1.82, 2.24) is 25.6 Å². The molecule has 0 saturated carbocycles. The number of piperazine rings is 1. The molecule has 0 spiro atoms. The number of aliphatic hydroxyl groups is 1. The number of aromatic hydroxyl groups is 1. The predicted molar refractivity (Wildman–Crippen MR) is 168 cm³/mol. The summed E-state index contributed by atoms with van der Waals surface area (Å²) in [4.78, 5) is 15.6. The standard InChI is InChI=1S/C33H33BF2N6O3/c1-3-10-32(11-5-12-38-32)33(34,44)45-31-40-29-24(30(41-31)42-16-19-7-8-20(17-42)39-19)15-37-28(27(29)36)23-14-21(43)13-18-6-9-25(35)22(4-2)26(18)23/h2,6,9,13-15,19-20,38-39,43-44H,3,5,7-8,10-12,16-17H2,1H3. The molecule has 3 fully saturated rings. The summed E-state index contributed by atoms with van der Waals surface area (Å²) in [5.74, 6) is 1.08. The van der Waals surface area contributed by atoms with Crippen molar-refractivity contribution in [3.05, 3.63) is 47.7 Å². The Balaban J connectivity index is 1.42. The summed E-state index contributed by atoms with van der Waals surface area (Å²) in [6.45, 7) is 3.91. The predicted octanol–water partition coefficient (Wildman–Crippen LogP) is 3.87. The molecular weight excluding hydrogens is 577 g/mol. The summed E-state index contributed by atoms with van der Waals surface area (Å²) in [7, 11) is 6.46. The van der Waals surface area contributed by atoms with Gasteiger partial charge in [0, 0.05) is 42.3 Å². The number of nitrogens with one attached hydrogen (secondary N) is 2. The van der Waals surface area contributed by atoms with E-state index in [1.54, 1.807) is 0 Å². The van der Waals surface area contributed by atoms with Gasteiger partial charge in [-0.05, 0) is 62.2 Å². The van der Waals surface area contributed by atoms with E-state index >= 15 is 4.39 Å². The van der Waals surface area contributed by atoms with Gasteiger partial charge in [0.2, 0.25) is 0 Å². The summed E-state index contributed by atoms with van der Waals surface area (Å²) in [5.41, 5.74) is -3.42. The van der Waals surface area contributed by atoms with Gasteiger partial charge in [-0.1, -0.05) is 25.3 Å². The number of rotatable bonds is 7. The highest BCUT2D eigenvalue weighted by Crippen LogP contribution is 2.40. The molecule has 0 amide bonds. The Morgan fingerprint density at radius 2 is 2.00 bits per heavy atom. The summed E-state index contributed by atoms with van der Waals surface area (Å²) in [5, 5.41) is 30.0. The van der Waals surface area contributed by atoms with Gasteiger partial charge in [0.15, 0.2) is 19.3 Å². The number of phenols is 1. The van der Waals surface area contributed by atoms with Crippen molar-refractivity contribution in [3.8, 4) is 35.4 Å². The maximum absolute atomic E-state index is 16.8. The smallest absolute Gasteiger partial charge is 0.321 e. The van der Waals surface area contributed by atoms with Crippen molar-refractivity contribution in [2.24, 2.45) is 0 Å². The first kappa shape index (κ1) is 29.7. The zero-order chi connectivity index (χ0) is 31.5. The number of anilines is 1. The van der Waals surface area contributed by atoms with Crippen LogP contribution < -0.4 is 20.3 Å². The molecule has 9 nitrogen and oxygen atoms in total. The van der Waals surface area contributed by atoms with Crippen LogP contribution >= 0.6 is 0 Å². The number of pyridine rings is 1. The number of terminal acetylenes is 1. The van der Waals surface area contributed by atoms with E-state index in [0.717, 1.165) is 25.7 Å². The second-order valence-electron chi connectivity index (χ2n) is 12.4. The van der Waals surface area contributed by atoms with Crippen LogP contribution in [0.4, 0.5) is 14.6 Å². The molecule has 4 unspecified atom stereocenters. The third-order valence-electron chi connectivity index (χ3n) is 9.46. The zero-order valence-corrected chi connectivity index (χ0v) is 24.9. The second kappa shape index (κ2) is 11.1. The molecule has 5 heterocycles. The van der Waals surface area contributed by atoms with Crippen molar-refractivity contribution < 1.29 is 23.7 Å². The molecule has 4 N–H and O–H groups in total. The average molecular weight is 610 g/mol. The Morgan fingerprint density at radius 1 is 1.22 bits per heavy atom. The van der Waals surface area contributed by atoms with Gasteiger partial charge in [-0.3, -0.25) is 4.98 Å². The maximum atomic E-state index is 16.8. The van der Waals surface area contributed by atoms with E-state index in [1.807, 2.05) is 6.92 Å². The first-order chi connectivity index (χ1) is 21.6. The summed E-state index contributed by atoms with van der Waals surface area (Å²) >= 11 is 0. The lowest BCUT2D eigenvalue weighted by Gasteiger charge is -2.43. The molecule has 45 heavy (non-hydrogen) atoms. The largest absolute Gasteiger partial charge is 0.508 e. The number of halogens is 2. The summed E-state index contributed by atoms with van der Waals surface area (Å²) in [6, 6.07) is 5.59. The summed E-state index contributed by atoms with van der Waals surface area (Å²) in [6.07, 6.45) is 11.8. The Kier molecular flexibility index (Phi) is 7.31. The second-order valence-corrected chi connectivity index (χ2v) is 12.4. The van der Waals surface area contributed by atoms with E-state index in [0.29, 0.717) is 49.1 Å². The molecule has 7 rings (SSSR count). The van der Waals surface area contributed by atoms with Gasteiger partial charge in [-0.15, -0.1) is 6.42 Å². The number of fused-ring (bicyclic) bond motifs is 4. The Morgan fingerprint density at radius 3 is 2.69 bits per heavy atom. The molecule has 4 aromatic rings. The van der Waals surface area contributed by atoms with Crippen LogP contribution in [0.1, 0.15) is 51.0 Å². The molecule has 0 aliphatic carbocycles.